The highest BCUT2D eigenvalue weighted by Gasteiger charge is 2.23. The van der Waals surface area contributed by atoms with Crippen LogP contribution in [0.15, 0.2) is 24.3 Å². The van der Waals surface area contributed by atoms with Gasteiger partial charge in [-0.3, -0.25) is 4.79 Å². The maximum atomic E-state index is 12.4. The van der Waals surface area contributed by atoms with Gasteiger partial charge in [0.05, 0.1) is 12.7 Å². The van der Waals surface area contributed by atoms with Gasteiger partial charge in [0.1, 0.15) is 5.69 Å². The Balaban J connectivity index is 1.88. The van der Waals surface area contributed by atoms with E-state index in [-0.39, 0.29) is 12.0 Å². The predicted molar refractivity (Wildman–Crippen MR) is 74.0 cm³/mol. The fourth-order valence-electron chi connectivity index (χ4n) is 2.44. The molecule has 0 radical (unpaired) electrons. The average Bonchev–Trinajstić information content (AvgIpc) is 2.80. The highest BCUT2D eigenvalue weighted by molar-refractivity contribution is 5.98. The van der Waals surface area contributed by atoms with Crippen molar-refractivity contribution >= 4 is 22.5 Å². The van der Waals surface area contributed by atoms with Gasteiger partial charge in [-0.15, -0.1) is 0 Å². The predicted octanol–water partition coefficient (Wildman–Crippen LogP) is 1.61. The van der Waals surface area contributed by atoms with Crippen molar-refractivity contribution in [1.82, 2.24) is 9.88 Å². The SMILES string of the molecule is CC1CN(C(=O)c2cc3cc(N)ccc3[nH]2)CCO1. The first-order valence-corrected chi connectivity index (χ1v) is 6.42. The first kappa shape index (κ1) is 12.0. The summed E-state index contributed by atoms with van der Waals surface area (Å²) < 4.78 is 5.45. The number of carbonyl (C=O) groups excluding carboxylic acids is 1. The molecule has 5 nitrogen and oxygen atoms in total. The number of fused-ring (bicyclic) bond motifs is 1. The molecule has 1 aromatic heterocycles. The van der Waals surface area contributed by atoms with E-state index < -0.39 is 0 Å². The summed E-state index contributed by atoms with van der Waals surface area (Å²) in [6.45, 7) is 3.85. The van der Waals surface area contributed by atoms with Crippen LogP contribution in [0, 0.1) is 0 Å². The summed E-state index contributed by atoms with van der Waals surface area (Å²) in [6, 6.07) is 7.44. The van der Waals surface area contributed by atoms with Crippen LogP contribution in [-0.4, -0.2) is 41.6 Å². The number of hydrogen-bond acceptors (Lipinski definition) is 3. The number of carbonyl (C=O) groups is 1. The molecule has 1 aliphatic heterocycles. The summed E-state index contributed by atoms with van der Waals surface area (Å²) in [4.78, 5) is 17.4. The standard InChI is InChI=1S/C14H17N3O2/c1-9-8-17(4-5-19-9)14(18)13-7-10-6-11(15)2-3-12(10)16-13/h2-3,6-7,9,16H,4-5,8,15H2,1H3. The summed E-state index contributed by atoms with van der Waals surface area (Å²) in [5.41, 5.74) is 7.98. The van der Waals surface area contributed by atoms with Crippen LogP contribution in [0.5, 0.6) is 0 Å². The van der Waals surface area contributed by atoms with E-state index in [2.05, 4.69) is 4.98 Å². The molecule has 5 heteroatoms. The number of aromatic nitrogens is 1. The lowest BCUT2D eigenvalue weighted by Crippen LogP contribution is -2.44. The second-order valence-corrected chi connectivity index (χ2v) is 4.96. The number of H-pyrrole nitrogens is 1. The van der Waals surface area contributed by atoms with Crippen LogP contribution < -0.4 is 5.73 Å². The van der Waals surface area contributed by atoms with Gasteiger partial charge in [0.15, 0.2) is 0 Å². The molecule has 1 unspecified atom stereocenters. The van der Waals surface area contributed by atoms with E-state index in [9.17, 15) is 4.79 Å². The Morgan fingerprint density at radius 2 is 2.32 bits per heavy atom. The van der Waals surface area contributed by atoms with Crippen molar-refractivity contribution in [2.75, 3.05) is 25.4 Å². The zero-order valence-corrected chi connectivity index (χ0v) is 10.8. The van der Waals surface area contributed by atoms with E-state index in [1.807, 2.05) is 36.1 Å². The fraction of sp³-hybridized carbons (Fsp3) is 0.357. The highest BCUT2D eigenvalue weighted by atomic mass is 16.5. The summed E-state index contributed by atoms with van der Waals surface area (Å²) >= 11 is 0. The van der Waals surface area contributed by atoms with Gasteiger partial charge in [0, 0.05) is 29.7 Å². The lowest BCUT2D eigenvalue weighted by Gasteiger charge is -2.30. The molecule has 1 atom stereocenters. The molecule has 1 aliphatic rings. The van der Waals surface area contributed by atoms with E-state index in [0.29, 0.717) is 31.1 Å². The van der Waals surface area contributed by atoms with E-state index in [4.69, 9.17) is 10.5 Å². The Hall–Kier alpha value is -2.01. The quantitative estimate of drug-likeness (QED) is 0.764. The highest BCUT2D eigenvalue weighted by Crippen LogP contribution is 2.20. The summed E-state index contributed by atoms with van der Waals surface area (Å²) in [7, 11) is 0. The summed E-state index contributed by atoms with van der Waals surface area (Å²) in [5.74, 6) is 0.0184. The molecule has 3 N–H and O–H groups in total. The number of aromatic amines is 1. The minimum Gasteiger partial charge on any atom is -0.399 e. The lowest BCUT2D eigenvalue weighted by molar-refractivity contribution is -0.0126. The van der Waals surface area contributed by atoms with Crippen molar-refractivity contribution in [3.8, 4) is 0 Å². The monoisotopic (exact) mass is 259 g/mol. The Morgan fingerprint density at radius 3 is 3.11 bits per heavy atom. The number of benzene rings is 1. The van der Waals surface area contributed by atoms with Crippen LogP contribution >= 0.6 is 0 Å². The number of morpholine rings is 1. The Bertz CT molecular complexity index is 620. The molecule has 0 bridgehead atoms. The molecule has 2 heterocycles. The number of amides is 1. The van der Waals surface area contributed by atoms with Crippen molar-refractivity contribution < 1.29 is 9.53 Å². The molecule has 3 rings (SSSR count). The normalized spacial score (nSPS) is 19.8. The van der Waals surface area contributed by atoms with Gasteiger partial charge in [-0.1, -0.05) is 0 Å². The van der Waals surface area contributed by atoms with Gasteiger partial charge in [-0.05, 0) is 31.2 Å². The van der Waals surface area contributed by atoms with Crippen molar-refractivity contribution in [1.29, 1.82) is 0 Å². The van der Waals surface area contributed by atoms with Crippen LogP contribution in [0.1, 0.15) is 17.4 Å². The van der Waals surface area contributed by atoms with Crippen LogP contribution in [0.3, 0.4) is 0 Å². The Kier molecular flexibility index (Phi) is 2.91. The third-order valence-electron chi connectivity index (χ3n) is 3.40. The molecule has 2 aromatic rings. The largest absolute Gasteiger partial charge is 0.399 e. The molecule has 1 amide bonds. The van der Waals surface area contributed by atoms with Gasteiger partial charge in [0.2, 0.25) is 0 Å². The minimum absolute atomic E-state index is 0.0184. The number of anilines is 1. The smallest absolute Gasteiger partial charge is 0.270 e. The molecule has 0 spiro atoms. The van der Waals surface area contributed by atoms with Gasteiger partial charge in [0.25, 0.3) is 5.91 Å². The molecule has 19 heavy (non-hydrogen) atoms. The third-order valence-corrected chi connectivity index (χ3v) is 3.40. The second kappa shape index (κ2) is 4.59. The topological polar surface area (TPSA) is 71.3 Å². The van der Waals surface area contributed by atoms with Crippen molar-refractivity contribution in [2.24, 2.45) is 0 Å². The molecule has 1 aromatic carbocycles. The number of nitrogen functional groups attached to an aromatic ring is 1. The number of rotatable bonds is 1. The molecular weight excluding hydrogens is 242 g/mol. The molecule has 0 saturated carbocycles. The maximum absolute atomic E-state index is 12.4. The zero-order chi connectivity index (χ0) is 13.4. The lowest BCUT2D eigenvalue weighted by atomic mass is 10.2. The van der Waals surface area contributed by atoms with E-state index in [0.717, 1.165) is 10.9 Å². The van der Waals surface area contributed by atoms with Gasteiger partial charge < -0.3 is 20.4 Å². The molecule has 1 saturated heterocycles. The Morgan fingerprint density at radius 1 is 1.47 bits per heavy atom. The van der Waals surface area contributed by atoms with Crippen LogP contribution in [0.25, 0.3) is 10.9 Å². The average molecular weight is 259 g/mol. The van der Waals surface area contributed by atoms with Crippen LogP contribution in [-0.2, 0) is 4.74 Å². The maximum Gasteiger partial charge on any atom is 0.270 e. The zero-order valence-electron chi connectivity index (χ0n) is 10.8. The van der Waals surface area contributed by atoms with E-state index in [1.54, 1.807) is 0 Å². The number of nitrogens with one attached hydrogen (secondary N) is 1. The molecule has 100 valence electrons. The van der Waals surface area contributed by atoms with Crippen LogP contribution in [0.4, 0.5) is 5.69 Å². The first-order valence-electron chi connectivity index (χ1n) is 6.42. The van der Waals surface area contributed by atoms with Crippen molar-refractivity contribution in [2.45, 2.75) is 13.0 Å². The fourth-order valence-corrected chi connectivity index (χ4v) is 2.44. The molecule has 1 fully saturated rings. The summed E-state index contributed by atoms with van der Waals surface area (Å²) in [5, 5.41) is 0.963. The van der Waals surface area contributed by atoms with Gasteiger partial charge in [-0.25, -0.2) is 0 Å². The van der Waals surface area contributed by atoms with E-state index in [1.165, 1.54) is 0 Å². The first-order chi connectivity index (χ1) is 9.13. The number of nitrogens with two attached hydrogens (primary N) is 1. The minimum atomic E-state index is 0.0184. The number of ether oxygens (including phenoxy) is 1. The number of nitrogens with zero attached hydrogens (tertiary/aromatic N) is 1. The van der Waals surface area contributed by atoms with E-state index >= 15 is 0 Å². The molecular formula is C14H17N3O2. The summed E-state index contributed by atoms with van der Waals surface area (Å²) in [6.07, 6.45) is 0.0951. The van der Waals surface area contributed by atoms with Gasteiger partial charge in [-0.2, -0.15) is 0 Å². The van der Waals surface area contributed by atoms with Gasteiger partial charge >= 0.3 is 0 Å². The number of hydrogen-bond donors (Lipinski definition) is 2. The molecule has 0 aliphatic carbocycles. The third kappa shape index (κ3) is 2.29. The van der Waals surface area contributed by atoms with Crippen LogP contribution in [0.2, 0.25) is 0 Å². The van der Waals surface area contributed by atoms with Crippen molar-refractivity contribution in [3.63, 3.8) is 0 Å². The van der Waals surface area contributed by atoms with Crippen molar-refractivity contribution in [3.05, 3.63) is 30.0 Å². The Labute approximate surface area is 111 Å². The second-order valence-electron chi connectivity index (χ2n) is 4.96.